The zero-order valence-corrected chi connectivity index (χ0v) is 16.2. The van der Waals surface area contributed by atoms with Crippen molar-refractivity contribution in [3.63, 3.8) is 0 Å². The highest BCUT2D eigenvalue weighted by Crippen LogP contribution is 2.04. The third-order valence-corrected chi connectivity index (χ3v) is 3.94. The van der Waals surface area contributed by atoms with Crippen molar-refractivity contribution in [3.8, 4) is 0 Å². The summed E-state index contributed by atoms with van der Waals surface area (Å²) in [7, 11) is 1.21. The molecular formula is C22H24N2O5. The number of hydrogen-bond acceptors (Lipinski definition) is 5. The lowest BCUT2D eigenvalue weighted by atomic mass is 10.1. The predicted molar refractivity (Wildman–Crippen MR) is 108 cm³/mol. The molecule has 7 nitrogen and oxygen atoms in total. The Hall–Kier alpha value is -3.61. The predicted octanol–water partition coefficient (Wildman–Crippen LogP) is 2.37. The highest BCUT2D eigenvalue weighted by Gasteiger charge is 2.15. The fourth-order valence-corrected chi connectivity index (χ4v) is 2.50. The van der Waals surface area contributed by atoms with Crippen LogP contribution in [0.25, 0.3) is 0 Å². The summed E-state index contributed by atoms with van der Waals surface area (Å²) in [5, 5.41) is 5.61. The van der Waals surface area contributed by atoms with Gasteiger partial charge in [-0.2, -0.15) is 0 Å². The topological polar surface area (TPSA) is 93.7 Å². The minimum atomic E-state index is -0.694. The molecule has 0 spiro atoms. The molecule has 0 radical (unpaired) electrons. The molecule has 2 N–H and O–H groups in total. The number of amides is 2. The standard InChI is InChI=1S/C22H24N2O5/c1-28-20(25)12-13-21(26)29-16-19(14-17-8-4-2-5-9-17)24-22(27)23-15-18-10-6-3-7-11-18/h2-13,19H,14-16H2,1H3,(H2,23,24,27)/b13-12+/t19-/m0/s1. The Kier molecular flexibility index (Phi) is 8.95. The van der Waals surface area contributed by atoms with Gasteiger partial charge in [0.1, 0.15) is 6.61 Å². The quantitative estimate of drug-likeness (QED) is 0.501. The minimum Gasteiger partial charge on any atom is -0.466 e. The fourth-order valence-electron chi connectivity index (χ4n) is 2.50. The van der Waals surface area contributed by atoms with Crippen molar-refractivity contribution in [2.45, 2.75) is 19.0 Å². The number of esters is 2. The summed E-state index contributed by atoms with van der Waals surface area (Å²) in [6, 6.07) is 18.3. The van der Waals surface area contributed by atoms with Gasteiger partial charge in [0.05, 0.1) is 13.2 Å². The van der Waals surface area contributed by atoms with Gasteiger partial charge in [0.25, 0.3) is 0 Å². The Labute approximate surface area is 169 Å². The van der Waals surface area contributed by atoms with Crippen LogP contribution in [0.3, 0.4) is 0 Å². The normalized spacial score (nSPS) is 11.5. The maximum atomic E-state index is 12.3. The van der Waals surface area contributed by atoms with E-state index in [1.165, 1.54) is 7.11 Å². The molecular weight excluding hydrogens is 372 g/mol. The van der Waals surface area contributed by atoms with Crippen LogP contribution in [-0.4, -0.2) is 37.7 Å². The van der Waals surface area contributed by atoms with Crippen LogP contribution < -0.4 is 10.6 Å². The van der Waals surface area contributed by atoms with Crippen LogP contribution in [0.15, 0.2) is 72.8 Å². The number of ether oxygens (including phenoxy) is 2. The summed E-state index contributed by atoms with van der Waals surface area (Å²) in [6.45, 7) is 0.338. The SMILES string of the molecule is COC(=O)/C=C/C(=O)OC[C@H](Cc1ccccc1)NC(=O)NCc1ccccc1. The van der Waals surface area contributed by atoms with E-state index < -0.39 is 18.0 Å². The molecule has 0 aliphatic rings. The number of rotatable bonds is 9. The maximum Gasteiger partial charge on any atom is 0.331 e. The molecule has 2 aromatic carbocycles. The van der Waals surface area contributed by atoms with Gasteiger partial charge in [0.15, 0.2) is 0 Å². The molecule has 0 bridgehead atoms. The largest absolute Gasteiger partial charge is 0.466 e. The molecule has 152 valence electrons. The summed E-state index contributed by atoms with van der Waals surface area (Å²) in [4.78, 5) is 35.1. The fraction of sp³-hybridized carbons (Fsp3) is 0.227. The number of methoxy groups -OCH3 is 1. The smallest absolute Gasteiger partial charge is 0.331 e. The zero-order chi connectivity index (χ0) is 20.9. The Balaban J connectivity index is 1.91. The summed E-state index contributed by atoms with van der Waals surface area (Å²) < 4.78 is 9.58. The molecule has 0 aliphatic heterocycles. The molecule has 0 saturated carbocycles. The van der Waals surface area contributed by atoms with Gasteiger partial charge in [-0.3, -0.25) is 0 Å². The number of carbonyl (C=O) groups is 3. The third-order valence-electron chi connectivity index (χ3n) is 3.94. The van der Waals surface area contributed by atoms with E-state index in [0.717, 1.165) is 23.3 Å². The Morgan fingerprint density at radius 3 is 2.10 bits per heavy atom. The number of carbonyl (C=O) groups excluding carboxylic acids is 3. The van der Waals surface area contributed by atoms with E-state index in [0.29, 0.717) is 13.0 Å². The minimum absolute atomic E-state index is 0.0437. The molecule has 0 unspecified atom stereocenters. The van der Waals surface area contributed by atoms with Crippen LogP contribution in [0.5, 0.6) is 0 Å². The van der Waals surface area contributed by atoms with E-state index >= 15 is 0 Å². The van der Waals surface area contributed by atoms with Crippen molar-refractivity contribution in [2.24, 2.45) is 0 Å². The molecule has 0 saturated heterocycles. The first kappa shape index (κ1) is 21.7. The first-order valence-electron chi connectivity index (χ1n) is 9.12. The maximum absolute atomic E-state index is 12.3. The Bertz CT molecular complexity index is 822. The van der Waals surface area contributed by atoms with E-state index in [4.69, 9.17) is 4.74 Å². The van der Waals surface area contributed by atoms with Crippen LogP contribution in [-0.2, 0) is 32.0 Å². The molecule has 0 heterocycles. The van der Waals surface area contributed by atoms with Crippen LogP contribution in [0.1, 0.15) is 11.1 Å². The Morgan fingerprint density at radius 1 is 0.897 bits per heavy atom. The van der Waals surface area contributed by atoms with Gasteiger partial charge in [-0.1, -0.05) is 60.7 Å². The van der Waals surface area contributed by atoms with Gasteiger partial charge in [0.2, 0.25) is 0 Å². The van der Waals surface area contributed by atoms with Crippen LogP contribution in [0.4, 0.5) is 4.79 Å². The first-order chi connectivity index (χ1) is 14.1. The molecule has 0 fully saturated rings. The van der Waals surface area contributed by atoms with Crippen LogP contribution in [0, 0.1) is 0 Å². The van der Waals surface area contributed by atoms with Crippen LogP contribution in [0.2, 0.25) is 0 Å². The van der Waals surface area contributed by atoms with Gasteiger partial charge in [0, 0.05) is 18.7 Å². The van der Waals surface area contributed by atoms with E-state index in [1.807, 2.05) is 60.7 Å². The molecule has 7 heteroatoms. The van der Waals surface area contributed by atoms with Gasteiger partial charge in [-0.15, -0.1) is 0 Å². The van der Waals surface area contributed by atoms with Gasteiger partial charge >= 0.3 is 18.0 Å². The number of benzene rings is 2. The monoisotopic (exact) mass is 396 g/mol. The number of hydrogen-bond donors (Lipinski definition) is 2. The van der Waals surface area contributed by atoms with E-state index in [1.54, 1.807) is 0 Å². The molecule has 2 aromatic rings. The van der Waals surface area contributed by atoms with Gasteiger partial charge in [-0.25, -0.2) is 14.4 Å². The average Bonchev–Trinajstić information content (AvgIpc) is 2.75. The summed E-state index contributed by atoms with van der Waals surface area (Å²) >= 11 is 0. The van der Waals surface area contributed by atoms with Crippen molar-refractivity contribution in [1.82, 2.24) is 10.6 Å². The molecule has 0 aromatic heterocycles. The lowest BCUT2D eigenvalue weighted by molar-refractivity contribution is -0.139. The van der Waals surface area contributed by atoms with Gasteiger partial charge in [-0.05, 0) is 17.5 Å². The van der Waals surface area contributed by atoms with E-state index in [-0.39, 0.29) is 12.6 Å². The Morgan fingerprint density at radius 2 is 1.48 bits per heavy atom. The van der Waals surface area contributed by atoms with Crippen molar-refractivity contribution in [1.29, 1.82) is 0 Å². The zero-order valence-electron chi connectivity index (χ0n) is 16.2. The highest BCUT2D eigenvalue weighted by molar-refractivity contribution is 5.91. The van der Waals surface area contributed by atoms with Crippen molar-refractivity contribution in [2.75, 3.05) is 13.7 Å². The lowest BCUT2D eigenvalue weighted by Crippen LogP contribution is -2.45. The van der Waals surface area contributed by atoms with E-state index in [9.17, 15) is 14.4 Å². The molecule has 2 rings (SSSR count). The second kappa shape index (κ2) is 12.0. The molecule has 1 atom stereocenters. The lowest BCUT2D eigenvalue weighted by Gasteiger charge is -2.19. The van der Waals surface area contributed by atoms with Crippen molar-refractivity contribution < 1.29 is 23.9 Å². The second-order valence-electron chi connectivity index (χ2n) is 6.19. The number of urea groups is 1. The number of nitrogens with one attached hydrogen (secondary N) is 2. The first-order valence-corrected chi connectivity index (χ1v) is 9.12. The van der Waals surface area contributed by atoms with Crippen molar-refractivity contribution >= 4 is 18.0 Å². The van der Waals surface area contributed by atoms with Gasteiger partial charge < -0.3 is 20.1 Å². The summed E-state index contributed by atoms with van der Waals surface area (Å²) in [5.41, 5.74) is 1.96. The average molecular weight is 396 g/mol. The summed E-state index contributed by atoms with van der Waals surface area (Å²) in [6.07, 6.45) is 2.45. The highest BCUT2D eigenvalue weighted by atomic mass is 16.5. The molecule has 2 amide bonds. The third kappa shape index (κ3) is 8.75. The second-order valence-corrected chi connectivity index (χ2v) is 6.19. The van der Waals surface area contributed by atoms with E-state index in [2.05, 4.69) is 15.4 Å². The molecule has 29 heavy (non-hydrogen) atoms. The summed E-state index contributed by atoms with van der Waals surface area (Å²) in [5.74, 6) is -1.35. The van der Waals surface area contributed by atoms with Crippen LogP contribution >= 0.6 is 0 Å². The van der Waals surface area contributed by atoms with Crippen molar-refractivity contribution in [3.05, 3.63) is 83.9 Å². The molecule has 0 aliphatic carbocycles.